The highest BCUT2D eigenvalue weighted by molar-refractivity contribution is 6.12. The van der Waals surface area contributed by atoms with E-state index in [0.717, 1.165) is 52.1 Å². The summed E-state index contributed by atoms with van der Waals surface area (Å²) in [6.45, 7) is 10.0. The Morgan fingerprint density at radius 1 is 0.974 bits per heavy atom. The minimum absolute atomic E-state index is 0.198. The lowest BCUT2D eigenvalue weighted by atomic mass is 9.98. The van der Waals surface area contributed by atoms with E-state index in [2.05, 4.69) is 70.7 Å². The number of piperazine rings is 1. The SMILES string of the molecule is Cc1nc(-c2ccc(-c3ccc(NC(=O)c4coc5ccc(N6CC(C)NC(C)C6)cc45)cc3)c(C)c2)no1. The van der Waals surface area contributed by atoms with E-state index in [-0.39, 0.29) is 5.91 Å². The normalized spacial score (nSPS) is 17.5. The van der Waals surface area contributed by atoms with Gasteiger partial charge in [0.05, 0.1) is 5.56 Å². The molecule has 2 atom stereocenters. The quantitative estimate of drug-likeness (QED) is 0.284. The number of carbonyl (C=O) groups excluding carboxylic acids is 1. The Labute approximate surface area is 227 Å². The van der Waals surface area contributed by atoms with Crippen molar-refractivity contribution in [2.75, 3.05) is 23.3 Å². The zero-order chi connectivity index (χ0) is 27.1. The summed E-state index contributed by atoms with van der Waals surface area (Å²) in [4.78, 5) is 19.9. The Morgan fingerprint density at radius 3 is 2.41 bits per heavy atom. The molecule has 2 aromatic heterocycles. The van der Waals surface area contributed by atoms with Crippen LogP contribution >= 0.6 is 0 Å². The van der Waals surface area contributed by atoms with Gasteiger partial charge >= 0.3 is 0 Å². The van der Waals surface area contributed by atoms with Crippen molar-refractivity contribution in [2.45, 2.75) is 39.8 Å². The van der Waals surface area contributed by atoms with Crippen LogP contribution in [0, 0.1) is 13.8 Å². The molecule has 8 heteroatoms. The second kappa shape index (κ2) is 10.0. The first-order chi connectivity index (χ1) is 18.8. The highest BCUT2D eigenvalue weighted by Gasteiger charge is 2.22. The summed E-state index contributed by atoms with van der Waals surface area (Å²) in [7, 11) is 0. The third-order valence-corrected chi connectivity index (χ3v) is 7.19. The summed E-state index contributed by atoms with van der Waals surface area (Å²) in [5, 5.41) is 11.4. The molecule has 0 bridgehead atoms. The lowest BCUT2D eigenvalue weighted by Gasteiger charge is -2.37. The van der Waals surface area contributed by atoms with Crippen molar-refractivity contribution in [2.24, 2.45) is 0 Å². The smallest absolute Gasteiger partial charge is 0.259 e. The van der Waals surface area contributed by atoms with Crippen LogP contribution in [0.1, 0.15) is 35.7 Å². The number of hydrogen-bond acceptors (Lipinski definition) is 7. The minimum Gasteiger partial charge on any atom is -0.463 e. The van der Waals surface area contributed by atoms with E-state index in [1.165, 1.54) is 6.26 Å². The van der Waals surface area contributed by atoms with Crippen LogP contribution in [0.4, 0.5) is 11.4 Å². The topological polar surface area (TPSA) is 96.4 Å². The molecule has 1 saturated heterocycles. The first-order valence-corrected chi connectivity index (χ1v) is 13.2. The zero-order valence-electron chi connectivity index (χ0n) is 22.5. The highest BCUT2D eigenvalue weighted by Crippen LogP contribution is 2.30. The number of amides is 1. The number of benzene rings is 3. The van der Waals surface area contributed by atoms with Gasteiger partial charge in [0.2, 0.25) is 11.7 Å². The molecule has 1 amide bonds. The van der Waals surface area contributed by atoms with Crippen molar-refractivity contribution >= 4 is 28.3 Å². The van der Waals surface area contributed by atoms with Gasteiger partial charge in [0.15, 0.2) is 0 Å². The largest absolute Gasteiger partial charge is 0.463 e. The van der Waals surface area contributed by atoms with Crippen LogP contribution in [-0.2, 0) is 0 Å². The van der Waals surface area contributed by atoms with Gasteiger partial charge in [-0.3, -0.25) is 4.79 Å². The molecule has 1 aliphatic rings. The van der Waals surface area contributed by atoms with E-state index >= 15 is 0 Å². The molecule has 0 spiro atoms. The molecule has 198 valence electrons. The monoisotopic (exact) mass is 521 g/mol. The standard InChI is InChI=1S/C31H31N5O3/c1-18-13-23(30-33-21(4)39-35-30)7-11-26(18)22-5-8-24(9-6-22)34-31(37)28-17-38-29-12-10-25(14-27(28)29)36-15-19(2)32-20(3)16-36/h5-14,17,19-20,32H,15-16H2,1-4H3,(H,34,37). The number of fused-ring (bicyclic) bond motifs is 1. The Balaban J connectivity index is 1.19. The Hall–Kier alpha value is -4.43. The molecule has 6 rings (SSSR count). The predicted molar refractivity (Wildman–Crippen MR) is 153 cm³/mol. The molecule has 2 unspecified atom stereocenters. The second-order valence-electron chi connectivity index (χ2n) is 10.4. The van der Waals surface area contributed by atoms with E-state index in [1.54, 1.807) is 6.92 Å². The molecule has 3 aromatic carbocycles. The van der Waals surface area contributed by atoms with Gasteiger partial charge in [0.1, 0.15) is 11.8 Å². The number of carbonyl (C=O) groups is 1. The maximum absolute atomic E-state index is 13.2. The molecule has 1 fully saturated rings. The first kappa shape index (κ1) is 24.9. The van der Waals surface area contributed by atoms with Gasteiger partial charge in [-0.1, -0.05) is 29.4 Å². The van der Waals surface area contributed by atoms with E-state index in [9.17, 15) is 4.79 Å². The van der Waals surface area contributed by atoms with E-state index in [4.69, 9.17) is 8.94 Å². The molecule has 8 nitrogen and oxygen atoms in total. The number of nitrogens with zero attached hydrogens (tertiary/aromatic N) is 3. The summed E-state index contributed by atoms with van der Waals surface area (Å²) >= 11 is 0. The maximum atomic E-state index is 13.2. The fraction of sp³-hybridized carbons (Fsp3) is 0.258. The van der Waals surface area contributed by atoms with Gasteiger partial charge < -0.3 is 24.5 Å². The van der Waals surface area contributed by atoms with E-state index in [0.29, 0.717) is 34.9 Å². The van der Waals surface area contributed by atoms with Crippen molar-refractivity contribution in [3.63, 3.8) is 0 Å². The van der Waals surface area contributed by atoms with Gasteiger partial charge in [-0.15, -0.1) is 0 Å². The van der Waals surface area contributed by atoms with Gasteiger partial charge in [0.25, 0.3) is 5.91 Å². The molecule has 3 heterocycles. The average Bonchev–Trinajstić information content (AvgIpc) is 3.54. The summed E-state index contributed by atoms with van der Waals surface area (Å²) in [6, 6.07) is 20.8. The van der Waals surface area contributed by atoms with Crippen LogP contribution in [-0.4, -0.2) is 41.2 Å². The third-order valence-electron chi connectivity index (χ3n) is 7.19. The van der Waals surface area contributed by atoms with Crippen LogP contribution in [0.3, 0.4) is 0 Å². The Kier molecular flexibility index (Phi) is 6.40. The summed E-state index contributed by atoms with van der Waals surface area (Å²) < 4.78 is 10.8. The van der Waals surface area contributed by atoms with E-state index < -0.39 is 0 Å². The van der Waals surface area contributed by atoms with Crippen LogP contribution in [0.5, 0.6) is 0 Å². The number of furan rings is 1. The van der Waals surface area contributed by atoms with Crippen LogP contribution in [0.15, 0.2) is 75.9 Å². The number of aryl methyl sites for hydroxylation is 2. The summed E-state index contributed by atoms with van der Waals surface area (Å²) in [5.41, 5.74) is 7.20. The van der Waals surface area contributed by atoms with Gasteiger partial charge in [0, 0.05) is 54.4 Å². The number of aromatic nitrogens is 2. The highest BCUT2D eigenvalue weighted by atomic mass is 16.5. The van der Waals surface area contributed by atoms with Gasteiger partial charge in [-0.25, -0.2) is 0 Å². The first-order valence-electron chi connectivity index (χ1n) is 13.2. The third kappa shape index (κ3) is 5.03. The fourth-order valence-corrected chi connectivity index (χ4v) is 5.40. The number of rotatable bonds is 5. The van der Waals surface area contributed by atoms with Crippen molar-refractivity contribution < 1.29 is 13.7 Å². The second-order valence-corrected chi connectivity index (χ2v) is 10.4. The van der Waals surface area contributed by atoms with E-state index in [1.807, 2.05) is 36.4 Å². The summed E-state index contributed by atoms with van der Waals surface area (Å²) in [5.74, 6) is 0.921. The molecule has 1 aliphatic heterocycles. The van der Waals surface area contributed by atoms with Crippen molar-refractivity contribution in [1.82, 2.24) is 15.5 Å². The van der Waals surface area contributed by atoms with Crippen LogP contribution < -0.4 is 15.5 Å². The number of nitrogens with one attached hydrogen (secondary N) is 2. The number of anilines is 2. The van der Waals surface area contributed by atoms with Gasteiger partial charge in [-0.05, 0) is 73.9 Å². The van der Waals surface area contributed by atoms with Crippen molar-refractivity contribution in [3.8, 4) is 22.5 Å². The molecule has 5 aromatic rings. The molecular formula is C31H31N5O3. The number of hydrogen-bond donors (Lipinski definition) is 2. The molecule has 0 radical (unpaired) electrons. The Morgan fingerprint density at radius 2 is 1.72 bits per heavy atom. The van der Waals surface area contributed by atoms with Crippen LogP contribution in [0.25, 0.3) is 33.5 Å². The molecule has 2 N–H and O–H groups in total. The minimum atomic E-state index is -0.198. The van der Waals surface area contributed by atoms with Crippen molar-refractivity contribution in [3.05, 3.63) is 83.9 Å². The van der Waals surface area contributed by atoms with Crippen molar-refractivity contribution in [1.29, 1.82) is 0 Å². The van der Waals surface area contributed by atoms with Crippen LogP contribution in [0.2, 0.25) is 0 Å². The molecule has 0 aliphatic carbocycles. The lowest BCUT2D eigenvalue weighted by molar-refractivity contribution is 0.102. The Bertz CT molecular complexity index is 1640. The molecule has 0 saturated carbocycles. The molecular weight excluding hydrogens is 490 g/mol. The fourth-order valence-electron chi connectivity index (χ4n) is 5.40. The molecule has 39 heavy (non-hydrogen) atoms. The zero-order valence-corrected chi connectivity index (χ0v) is 22.5. The summed E-state index contributed by atoms with van der Waals surface area (Å²) in [6.07, 6.45) is 1.54. The maximum Gasteiger partial charge on any atom is 0.259 e. The van der Waals surface area contributed by atoms with Gasteiger partial charge in [-0.2, -0.15) is 4.98 Å². The predicted octanol–water partition coefficient (Wildman–Crippen LogP) is 6.21. The lowest BCUT2D eigenvalue weighted by Crippen LogP contribution is -2.54. The average molecular weight is 522 g/mol.